The summed E-state index contributed by atoms with van der Waals surface area (Å²) in [5.41, 5.74) is 2.01. The molecule has 102 valence electrons. The highest BCUT2D eigenvalue weighted by Crippen LogP contribution is 2.23. The summed E-state index contributed by atoms with van der Waals surface area (Å²) in [6.45, 7) is 3.22. The van der Waals surface area contributed by atoms with Crippen LogP contribution in [0.5, 0.6) is 0 Å². The third kappa shape index (κ3) is 3.27. The zero-order chi connectivity index (χ0) is 13.7. The molecule has 2 aromatic rings. The molecule has 1 aromatic carbocycles. The summed E-state index contributed by atoms with van der Waals surface area (Å²) in [4.78, 5) is 12.0. The van der Waals surface area contributed by atoms with Crippen LogP contribution in [0.4, 0.5) is 0 Å². The van der Waals surface area contributed by atoms with Gasteiger partial charge < -0.3 is 4.57 Å². The van der Waals surface area contributed by atoms with Gasteiger partial charge in [0.2, 0.25) is 0 Å². The SMILES string of the molecule is CCCCCCn1cc(C(=O)CBr)c2ccccc21. The molecule has 3 heteroatoms. The molecule has 1 heterocycles. The predicted molar refractivity (Wildman–Crippen MR) is 84.2 cm³/mol. The first-order valence-corrected chi connectivity index (χ1v) is 8.07. The molecule has 0 spiro atoms. The third-order valence-electron chi connectivity index (χ3n) is 3.46. The average Bonchev–Trinajstić information content (AvgIpc) is 2.82. The number of para-hydroxylation sites is 1. The number of rotatable bonds is 7. The maximum atomic E-state index is 12.0. The molecule has 0 amide bonds. The number of nitrogens with zero attached hydrogens (tertiary/aromatic N) is 1. The predicted octanol–water partition coefficient (Wildman–Crippen LogP) is 4.80. The number of aryl methyl sites for hydroxylation is 1. The first kappa shape index (κ1) is 14.3. The van der Waals surface area contributed by atoms with Crippen molar-refractivity contribution in [2.24, 2.45) is 0 Å². The quantitative estimate of drug-likeness (QED) is 0.408. The summed E-state index contributed by atoms with van der Waals surface area (Å²) < 4.78 is 2.22. The van der Waals surface area contributed by atoms with Crippen molar-refractivity contribution in [3.8, 4) is 0 Å². The Balaban J connectivity index is 2.26. The number of carbonyl (C=O) groups is 1. The molecule has 0 unspecified atom stereocenters. The Morgan fingerprint density at radius 1 is 1.21 bits per heavy atom. The lowest BCUT2D eigenvalue weighted by atomic mass is 10.1. The molecule has 0 saturated heterocycles. The Morgan fingerprint density at radius 3 is 2.74 bits per heavy atom. The van der Waals surface area contributed by atoms with Gasteiger partial charge in [0.05, 0.1) is 5.33 Å². The smallest absolute Gasteiger partial charge is 0.175 e. The van der Waals surface area contributed by atoms with Crippen LogP contribution in [0, 0.1) is 0 Å². The Hall–Kier alpha value is -1.09. The lowest BCUT2D eigenvalue weighted by molar-refractivity contribution is 0.102. The molecule has 0 aliphatic carbocycles. The zero-order valence-electron chi connectivity index (χ0n) is 11.4. The van der Waals surface area contributed by atoms with Gasteiger partial charge in [0.1, 0.15) is 0 Å². The standard InChI is InChI=1S/C16H20BrNO/c1-2-3-4-7-10-18-12-14(16(19)11-17)13-8-5-6-9-15(13)18/h5-6,8-9,12H,2-4,7,10-11H2,1H3. The molecule has 2 nitrogen and oxygen atoms in total. The van der Waals surface area contributed by atoms with Crippen molar-refractivity contribution in [2.45, 2.75) is 39.2 Å². The van der Waals surface area contributed by atoms with Gasteiger partial charge in [0.25, 0.3) is 0 Å². The lowest BCUT2D eigenvalue weighted by Crippen LogP contribution is -1.99. The van der Waals surface area contributed by atoms with Gasteiger partial charge in [0.15, 0.2) is 5.78 Å². The van der Waals surface area contributed by atoms with Crippen LogP contribution < -0.4 is 0 Å². The normalized spacial score (nSPS) is 11.1. The van der Waals surface area contributed by atoms with Crippen LogP contribution in [0.2, 0.25) is 0 Å². The van der Waals surface area contributed by atoms with E-state index in [9.17, 15) is 4.79 Å². The van der Waals surface area contributed by atoms with Gasteiger partial charge in [-0.15, -0.1) is 0 Å². The van der Waals surface area contributed by atoms with E-state index in [1.54, 1.807) is 0 Å². The van der Waals surface area contributed by atoms with E-state index in [4.69, 9.17) is 0 Å². The number of hydrogen-bond acceptors (Lipinski definition) is 1. The Bertz CT molecular complexity index is 559. The minimum atomic E-state index is 0.156. The molecular formula is C16H20BrNO. The van der Waals surface area contributed by atoms with Crippen LogP contribution in [0.25, 0.3) is 10.9 Å². The van der Waals surface area contributed by atoms with Gasteiger partial charge in [-0.3, -0.25) is 4.79 Å². The fourth-order valence-corrected chi connectivity index (χ4v) is 2.74. The Kier molecular flexibility index (Phi) is 5.20. The van der Waals surface area contributed by atoms with E-state index in [1.165, 1.54) is 31.2 Å². The molecule has 0 fully saturated rings. The number of halogens is 1. The molecule has 2 rings (SSSR count). The van der Waals surface area contributed by atoms with Crippen molar-refractivity contribution in [2.75, 3.05) is 5.33 Å². The fourth-order valence-electron chi connectivity index (χ4n) is 2.43. The minimum Gasteiger partial charge on any atom is -0.347 e. The van der Waals surface area contributed by atoms with Crippen molar-refractivity contribution < 1.29 is 4.79 Å². The molecular weight excluding hydrogens is 302 g/mol. The van der Waals surface area contributed by atoms with E-state index < -0.39 is 0 Å². The summed E-state index contributed by atoms with van der Waals surface area (Å²) in [6.07, 6.45) is 6.98. The van der Waals surface area contributed by atoms with Crippen LogP contribution >= 0.6 is 15.9 Å². The fraction of sp³-hybridized carbons (Fsp3) is 0.438. The molecule has 0 atom stereocenters. The molecule has 19 heavy (non-hydrogen) atoms. The number of unbranched alkanes of at least 4 members (excludes halogenated alkanes) is 3. The van der Waals surface area contributed by atoms with Gasteiger partial charge in [-0.25, -0.2) is 0 Å². The number of ketones is 1. The van der Waals surface area contributed by atoms with Gasteiger partial charge in [-0.05, 0) is 12.5 Å². The van der Waals surface area contributed by atoms with E-state index in [0.717, 1.165) is 17.5 Å². The van der Waals surface area contributed by atoms with E-state index in [1.807, 2.05) is 24.4 Å². The molecule has 0 aliphatic heterocycles. The summed E-state index contributed by atoms with van der Waals surface area (Å²) in [5, 5.41) is 1.46. The maximum Gasteiger partial charge on any atom is 0.175 e. The van der Waals surface area contributed by atoms with Gasteiger partial charge in [-0.2, -0.15) is 0 Å². The van der Waals surface area contributed by atoms with Crippen LogP contribution in [-0.2, 0) is 6.54 Å². The third-order valence-corrected chi connectivity index (χ3v) is 3.97. The summed E-state index contributed by atoms with van der Waals surface area (Å²) in [5.74, 6) is 0.156. The van der Waals surface area contributed by atoms with Crippen LogP contribution in [-0.4, -0.2) is 15.7 Å². The van der Waals surface area contributed by atoms with E-state index in [-0.39, 0.29) is 5.78 Å². The number of fused-ring (bicyclic) bond motifs is 1. The number of Topliss-reactive ketones (excluding diaryl/α,β-unsaturated/α-hetero) is 1. The first-order valence-electron chi connectivity index (χ1n) is 6.95. The van der Waals surface area contributed by atoms with E-state index >= 15 is 0 Å². The Labute approximate surface area is 122 Å². The molecule has 0 radical (unpaired) electrons. The molecule has 1 aromatic heterocycles. The van der Waals surface area contributed by atoms with Crippen molar-refractivity contribution in [1.82, 2.24) is 4.57 Å². The van der Waals surface area contributed by atoms with Crippen LogP contribution in [0.3, 0.4) is 0 Å². The number of hydrogen-bond donors (Lipinski definition) is 0. The number of alkyl halides is 1. The number of aromatic nitrogens is 1. The van der Waals surface area contributed by atoms with Crippen molar-refractivity contribution in [3.05, 3.63) is 36.0 Å². The maximum absolute atomic E-state index is 12.0. The monoisotopic (exact) mass is 321 g/mol. The van der Waals surface area contributed by atoms with Crippen LogP contribution in [0.15, 0.2) is 30.5 Å². The van der Waals surface area contributed by atoms with Gasteiger partial charge in [0, 0.05) is 29.2 Å². The van der Waals surface area contributed by atoms with Crippen LogP contribution in [0.1, 0.15) is 43.0 Å². The summed E-state index contributed by atoms with van der Waals surface area (Å²) in [6, 6.07) is 8.16. The lowest BCUT2D eigenvalue weighted by Gasteiger charge is -2.04. The highest BCUT2D eigenvalue weighted by molar-refractivity contribution is 9.09. The summed E-state index contributed by atoms with van der Waals surface area (Å²) in [7, 11) is 0. The molecule has 0 bridgehead atoms. The van der Waals surface area contributed by atoms with E-state index in [0.29, 0.717) is 5.33 Å². The number of carbonyl (C=O) groups excluding carboxylic acids is 1. The van der Waals surface area contributed by atoms with Crippen molar-refractivity contribution in [3.63, 3.8) is 0 Å². The number of benzene rings is 1. The first-order chi connectivity index (χ1) is 9.27. The topological polar surface area (TPSA) is 22.0 Å². The highest BCUT2D eigenvalue weighted by Gasteiger charge is 2.13. The van der Waals surface area contributed by atoms with Crippen molar-refractivity contribution in [1.29, 1.82) is 0 Å². The van der Waals surface area contributed by atoms with Gasteiger partial charge >= 0.3 is 0 Å². The average molecular weight is 322 g/mol. The molecule has 0 saturated carbocycles. The second-order valence-electron chi connectivity index (χ2n) is 4.87. The highest BCUT2D eigenvalue weighted by atomic mass is 79.9. The zero-order valence-corrected chi connectivity index (χ0v) is 12.9. The van der Waals surface area contributed by atoms with Crippen molar-refractivity contribution >= 4 is 32.6 Å². The summed E-state index contributed by atoms with van der Waals surface area (Å²) >= 11 is 3.26. The van der Waals surface area contributed by atoms with E-state index in [2.05, 4.69) is 33.5 Å². The Morgan fingerprint density at radius 2 is 2.00 bits per heavy atom. The van der Waals surface area contributed by atoms with Gasteiger partial charge in [-0.1, -0.05) is 60.3 Å². The largest absolute Gasteiger partial charge is 0.347 e. The molecule has 0 aliphatic rings. The second kappa shape index (κ2) is 6.90. The molecule has 0 N–H and O–H groups in total. The minimum absolute atomic E-state index is 0.156. The second-order valence-corrected chi connectivity index (χ2v) is 5.43.